The fourth-order valence-electron chi connectivity index (χ4n) is 2.03. The van der Waals surface area contributed by atoms with Crippen molar-refractivity contribution in [3.63, 3.8) is 0 Å². The molecule has 0 aliphatic heterocycles. The average molecular weight is 328 g/mol. The van der Waals surface area contributed by atoms with Crippen LogP contribution < -0.4 is 5.73 Å². The predicted molar refractivity (Wildman–Crippen MR) is 83.6 cm³/mol. The third-order valence-corrected chi connectivity index (χ3v) is 4.13. The number of anilines is 1. The summed E-state index contributed by atoms with van der Waals surface area (Å²) in [7, 11) is 0. The van der Waals surface area contributed by atoms with E-state index in [1.165, 1.54) is 0 Å². The van der Waals surface area contributed by atoms with E-state index in [1.807, 2.05) is 13.0 Å². The first kappa shape index (κ1) is 13.6. The normalized spacial score (nSPS) is 11.2. The molecular weight excluding hydrogens is 319 g/mol. The Morgan fingerprint density at radius 2 is 1.70 bits per heavy atom. The molecule has 0 bridgehead atoms. The summed E-state index contributed by atoms with van der Waals surface area (Å²) in [6, 6.07) is 6.92. The zero-order valence-corrected chi connectivity index (χ0v) is 12.6. The standard InChI is InChI=1S/C14H9Cl3N2O/c1-6-2-8(18)5-11-13(6)20-14(19-11)7-3-9(15)12(17)10(16)4-7/h2-5H,18H2,1H3. The summed E-state index contributed by atoms with van der Waals surface area (Å²) in [5, 5.41) is 1.02. The zero-order chi connectivity index (χ0) is 14.4. The van der Waals surface area contributed by atoms with Gasteiger partial charge in [0.25, 0.3) is 0 Å². The lowest BCUT2D eigenvalue weighted by Gasteiger charge is -2.01. The number of hydrogen-bond donors (Lipinski definition) is 1. The SMILES string of the molecule is Cc1cc(N)cc2nc(-c3cc(Cl)c(Cl)c(Cl)c3)oc12. The van der Waals surface area contributed by atoms with Crippen molar-refractivity contribution >= 4 is 51.6 Å². The third kappa shape index (κ3) is 2.22. The summed E-state index contributed by atoms with van der Waals surface area (Å²) in [6.07, 6.45) is 0. The number of hydrogen-bond acceptors (Lipinski definition) is 3. The Hall–Kier alpha value is -1.42. The molecule has 6 heteroatoms. The van der Waals surface area contributed by atoms with E-state index in [4.69, 9.17) is 45.0 Å². The van der Waals surface area contributed by atoms with Crippen LogP contribution in [0.15, 0.2) is 28.7 Å². The Kier molecular flexibility index (Phi) is 3.28. The van der Waals surface area contributed by atoms with Crippen molar-refractivity contribution in [3.8, 4) is 11.5 Å². The van der Waals surface area contributed by atoms with E-state index in [0.717, 1.165) is 5.56 Å². The van der Waals surface area contributed by atoms with Gasteiger partial charge in [0.2, 0.25) is 5.89 Å². The molecule has 0 aliphatic carbocycles. The Morgan fingerprint density at radius 3 is 2.35 bits per heavy atom. The molecule has 0 fully saturated rings. The second-order valence-corrected chi connectivity index (χ2v) is 5.65. The number of nitrogen functional groups attached to an aromatic ring is 1. The molecule has 0 aliphatic rings. The molecule has 0 atom stereocenters. The summed E-state index contributed by atoms with van der Waals surface area (Å²) >= 11 is 18.0. The highest BCUT2D eigenvalue weighted by atomic mass is 35.5. The van der Waals surface area contributed by atoms with E-state index in [1.54, 1.807) is 18.2 Å². The lowest BCUT2D eigenvalue weighted by Crippen LogP contribution is -1.85. The number of nitrogens with two attached hydrogens (primary N) is 1. The molecule has 102 valence electrons. The van der Waals surface area contributed by atoms with Gasteiger partial charge >= 0.3 is 0 Å². The van der Waals surface area contributed by atoms with Crippen LogP contribution in [-0.4, -0.2) is 4.98 Å². The van der Waals surface area contributed by atoms with E-state index in [2.05, 4.69) is 4.98 Å². The van der Waals surface area contributed by atoms with Gasteiger partial charge in [0.05, 0.1) is 15.1 Å². The van der Waals surface area contributed by atoms with Crippen LogP contribution in [-0.2, 0) is 0 Å². The van der Waals surface area contributed by atoms with E-state index >= 15 is 0 Å². The maximum atomic E-state index is 6.02. The second kappa shape index (κ2) is 4.85. The van der Waals surface area contributed by atoms with Crippen LogP contribution >= 0.6 is 34.8 Å². The minimum Gasteiger partial charge on any atom is -0.436 e. The van der Waals surface area contributed by atoms with Gasteiger partial charge < -0.3 is 10.2 Å². The van der Waals surface area contributed by atoms with Crippen LogP contribution in [0, 0.1) is 6.92 Å². The van der Waals surface area contributed by atoms with Crippen molar-refractivity contribution in [1.29, 1.82) is 0 Å². The molecule has 0 spiro atoms. The first-order valence-electron chi connectivity index (χ1n) is 5.77. The lowest BCUT2D eigenvalue weighted by atomic mass is 10.2. The van der Waals surface area contributed by atoms with Gasteiger partial charge in [-0.25, -0.2) is 4.98 Å². The van der Waals surface area contributed by atoms with Gasteiger partial charge in [-0.15, -0.1) is 0 Å². The average Bonchev–Trinajstić information content (AvgIpc) is 2.79. The smallest absolute Gasteiger partial charge is 0.227 e. The number of rotatable bonds is 1. The van der Waals surface area contributed by atoms with Gasteiger partial charge in [-0.2, -0.15) is 0 Å². The predicted octanol–water partition coefficient (Wildman–Crippen LogP) is 5.35. The van der Waals surface area contributed by atoms with Crippen molar-refractivity contribution in [3.05, 3.63) is 44.9 Å². The first-order chi connectivity index (χ1) is 9.45. The fourth-order valence-corrected chi connectivity index (χ4v) is 2.63. The highest BCUT2D eigenvalue weighted by Gasteiger charge is 2.14. The van der Waals surface area contributed by atoms with Gasteiger partial charge in [-0.05, 0) is 36.8 Å². The minimum atomic E-state index is 0.314. The molecule has 20 heavy (non-hydrogen) atoms. The second-order valence-electron chi connectivity index (χ2n) is 4.46. The molecule has 3 rings (SSSR count). The summed E-state index contributed by atoms with van der Waals surface area (Å²) in [5.74, 6) is 0.425. The quantitative estimate of drug-likeness (QED) is 0.484. The molecule has 2 aromatic carbocycles. The Morgan fingerprint density at radius 1 is 1.05 bits per heavy atom. The molecule has 3 nitrogen and oxygen atoms in total. The van der Waals surface area contributed by atoms with E-state index in [9.17, 15) is 0 Å². The monoisotopic (exact) mass is 326 g/mol. The number of oxazole rings is 1. The molecule has 2 N–H and O–H groups in total. The van der Waals surface area contributed by atoms with Crippen LogP contribution in [0.25, 0.3) is 22.6 Å². The largest absolute Gasteiger partial charge is 0.436 e. The van der Waals surface area contributed by atoms with Crippen LogP contribution in [0.3, 0.4) is 0 Å². The summed E-state index contributed by atoms with van der Waals surface area (Å²) in [5.41, 5.74) is 9.41. The Balaban J connectivity index is 2.22. The first-order valence-corrected chi connectivity index (χ1v) is 6.90. The van der Waals surface area contributed by atoms with Gasteiger partial charge in [0, 0.05) is 11.3 Å². The van der Waals surface area contributed by atoms with Crippen LogP contribution in [0.5, 0.6) is 0 Å². The minimum absolute atomic E-state index is 0.314. The third-order valence-electron chi connectivity index (χ3n) is 2.93. The van der Waals surface area contributed by atoms with E-state index < -0.39 is 0 Å². The van der Waals surface area contributed by atoms with E-state index in [-0.39, 0.29) is 0 Å². The number of fused-ring (bicyclic) bond motifs is 1. The topological polar surface area (TPSA) is 52.0 Å². The number of benzene rings is 2. The number of aromatic nitrogens is 1. The molecule has 0 amide bonds. The molecule has 0 saturated carbocycles. The maximum Gasteiger partial charge on any atom is 0.227 e. The van der Waals surface area contributed by atoms with Gasteiger partial charge in [0.1, 0.15) is 5.52 Å². The summed E-state index contributed by atoms with van der Waals surface area (Å²) in [4.78, 5) is 4.41. The zero-order valence-electron chi connectivity index (χ0n) is 10.4. The molecule has 0 radical (unpaired) electrons. The Bertz CT molecular complexity index is 804. The van der Waals surface area contributed by atoms with Gasteiger partial charge in [0.15, 0.2) is 5.58 Å². The molecule has 0 unspecified atom stereocenters. The molecule has 3 aromatic rings. The number of halogens is 3. The fraction of sp³-hybridized carbons (Fsp3) is 0.0714. The molecular formula is C14H9Cl3N2O. The maximum absolute atomic E-state index is 6.02. The van der Waals surface area contributed by atoms with Crippen molar-refractivity contribution in [2.75, 3.05) is 5.73 Å². The molecule has 0 saturated heterocycles. The van der Waals surface area contributed by atoms with Crippen LogP contribution in [0.4, 0.5) is 5.69 Å². The van der Waals surface area contributed by atoms with Crippen LogP contribution in [0.2, 0.25) is 15.1 Å². The highest BCUT2D eigenvalue weighted by molar-refractivity contribution is 6.48. The molecule has 1 aromatic heterocycles. The number of nitrogens with zero attached hydrogens (tertiary/aromatic N) is 1. The van der Waals surface area contributed by atoms with Crippen molar-refractivity contribution in [2.24, 2.45) is 0 Å². The summed E-state index contributed by atoms with van der Waals surface area (Å²) < 4.78 is 5.76. The van der Waals surface area contributed by atoms with E-state index in [0.29, 0.717) is 43.3 Å². The van der Waals surface area contributed by atoms with Crippen molar-refractivity contribution in [1.82, 2.24) is 4.98 Å². The Labute approximate surface area is 130 Å². The lowest BCUT2D eigenvalue weighted by molar-refractivity contribution is 0.617. The summed E-state index contributed by atoms with van der Waals surface area (Å²) in [6.45, 7) is 1.91. The number of aryl methyl sites for hydroxylation is 1. The van der Waals surface area contributed by atoms with Crippen molar-refractivity contribution < 1.29 is 4.42 Å². The molecule has 1 heterocycles. The van der Waals surface area contributed by atoms with Gasteiger partial charge in [-0.1, -0.05) is 34.8 Å². The van der Waals surface area contributed by atoms with Gasteiger partial charge in [-0.3, -0.25) is 0 Å². The highest BCUT2D eigenvalue weighted by Crippen LogP contribution is 2.36. The van der Waals surface area contributed by atoms with Crippen molar-refractivity contribution in [2.45, 2.75) is 6.92 Å². The van der Waals surface area contributed by atoms with Crippen LogP contribution in [0.1, 0.15) is 5.56 Å².